The van der Waals surface area contributed by atoms with Gasteiger partial charge in [0.15, 0.2) is 5.82 Å². The first-order valence-corrected chi connectivity index (χ1v) is 5.69. The van der Waals surface area contributed by atoms with Crippen molar-refractivity contribution >= 4 is 5.97 Å². The Balaban J connectivity index is 2.36. The maximum Gasteiger partial charge on any atom is 0.314 e. The van der Waals surface area contributed by atoms with Crippen LogP contribution in [0.1, 0.15) is 24.1 Å². The molecule has 1 unspecified atom stereocenters. The number of hydrogen-bond donors (Lipinski definition) is 2. The molecule has 5 heteroatoms. The molecular weight excluding hydrogens is 230 g/mol. The van der Waals surface area contributed by atoms with E-state index in [-0.39, 0.29) is 6.42 Å². The van der Waals surface area contributed by atoms with Crippen LogP contribution in [0.2, 0.25) is 0 Å². The summed E-state index contributed by atoms with van der Waals surface area (Å²) in [5.74, 6) is 0.322. The fourth-order valence-electron chi connectivity index (χ4n) is 1.89. The number of carboxylic acid groups (broad SMARTS) is 1. The van der Waals surface area contributed by atoms with Crippen molar-refractivity contribution in [3.8, 4) is 0 Å². The van der Waals surface area contributed by atoms with Crippen LogP contribution < -0.4 is 0 Å². The Hall–Kier alpha value is -2.17. The zero-order valence-electron chi connectivity index (χ0n) is 10.3. The second-order valence-electron chi connectivity index (χ2n) is 4.52. The van der Waals surface area contributed by atoms with Gasteiger partial charge in [-0.1, -0.05) is 30.3 Å². The average molecular weight is 245 g/mol. The van der Waals surface area contributed by atoms with Gasteiger partial charge in [-0.2, -0.15) is 5.10 Å². The molecule has 0 radical (unpaired) electrons. The third kappa shape index (κ3) is 2.25. The Labute approximate surface area is 105 Å². The molecule has 0 fully saturated rings. The summed E-state index contributed by atoms with van der Waals surface area (Å²) in [5.41, 5.74) is -0.268. The fraction of sp³-hybridized carbons (Fsp3) is 0.308. The number of carbonyl (C=O) groups is 1. The number of rotatable bonds is 4. The smallest absolute Gasteiger partial charge is 0.314 e. The largest absolute Gasteiger partial charge is 0.481 e. The Bertz CT molecular complexity index is 550. The molecule has 0 aliphatic carbocycles. The Kier molecular flexibility index (Phi) is 3.14. The zero-order chi connectivity index (χ0) is 13.2. The molecule has 5 nitrogen and oxygen atoms in total. The van der Waals surface area contributed by atoms with Gasteiger partial charge < -0.3 is 5.11 Å². The molecule has 18 heavy (non-hydrogen) atoms. The highest BCUT2D eigenvalue weighted by molar-refractivity contribution is 5.81. The number of carboxylic acids is 1. The first-order chi connectivity index (χ1) is 8.52. The van der Waals surface area contributed by atoms with Crippen molar-refractivity contribution in [3.63, 3.8) is 0 Å². The Morgan fingerprint density at radius 1 is 1.39 bits per heavy atom. The first-order valence-electron chi connectivity index (χ1n) is 5.69. The monoisotopic (exact) mass is 245 g/mol. The molecule has 2 rings (SSSR count). The minimum atomic E-state index is -1.02. The summed E-state index contributed by atoms with van der Waals surface area (Å²) in [6.07, 6.45) is 0.261. The van der Waals surface area contributed by atoms with E-state index in [0.29, 0.717) is 11.6 Å². The molecular formula is C13H15N3O2. The van der Waals surface area contributed by atoms with Gasteiger partial charge in [-0.3, -0.25) is 9.89 Å². The molecule has 1 aromatic carbocycles. The van der Waals surface area contributed by atoms with Gasteiger partial charge in [0.2, 0.25) is 0 Å². The number of benzene rings is 1. The van der Waals surface area contributed by atoms with E-state index in [4.69, 9.17) is 0 Å². The average Bonchev–Trinajstić information content (AvgIpc) is 2.75. The van der Waals surface area contributed by atoms with Gasteiger partial charge in [0.05, 0.1) is 5.41 Å². The third-order valence-electron chi connectivity index (χ3n) is 3.04. The molecule has 94 valence electrons. The molecule has 0 saturated heterocycles. The van der Waals surface area contributed by atoms with E-state index in [9.17, 15) is 9.90 Å². The lowest BCUT2D eigenvalue weighted by Gasteiger charge is -2.23. The van der Waals surface area contributed by atoms with Crippen LogP contribution in [-0.2, 0) is 16.6 Å². The van der Waals surface area contributed by atoms with Gasteiger partial charge in [0.25, 0.3) is 0 Å². The van der Waals surface area contributed by atoms with E-state index in [1.807, 2.05) is 30.3 Å². The van der Waals surface area contributed by atoms with Gasteiger partial charge in [-0.25, -0.2) is 4.98 Å². The minimum Gasteiger partial charge on any atom is -0.481 e. The van der Waals surface area contributed by atoms with E-state index in [1.54, 1.807) is 13.8 Å². The van der Waals surface area contributed by atoms with Crippen molar-refractivity contribution in [2.24, 2.45) is 0 Å². The number of aromatic amines is 1. The van der Waals surface area contributed by atoms with Crippen molar-refractivity contribution in [3.05, 3.63) is 47.5 Å². The molecule has 2 N–H and O–H groups in total. The zero-order valence-corrected chi connectivity index (χ0v) is 10.3. The normalized spacial score (nSPS) is 14.1. The maximum absolute atomic E-state index is 11.6. The van der Waals surface area contributed by atoms with Crippen LogP contribution >= 0.6 is 0 Å². The van der Waals surface area contributed by atoms with Crippen LogP contribution in [0.3, 0.4) is 0 Å². The van der Waals surface area contributed by atoms with Crippen LogP contribution in [0.25, 0.3) is 0 Å². The Morgan fingerprint density at radius 3 is 2.56 bits per heavy atom. The summed E-state index contributed by atoms with van der Waals surface area (Å²) < 4.78 is 0. The molecule has 0 spiro atoms. The second kappa shape index (κ2) is 4.60. The number of hydrogen-bond acceptors (Lipinski definition) is 3. The molecule has 0 bridgehead atoms. The highest BCUT2D eigenvalue weighted by Crippen LogP contribution is 2.27. The summed E-state index contributed by atoms with van der Waals surface area (Å²) >= 11 is 0. The lowest BCUT2D eigenvalue weighted by atomic mass is 9.79. The van der Waals surface area contributed by atoms with E-state index in [0.717, 1.165) is 5.56 Å². The van der Waals surface area contributed by atoms with Crippen LogP contribution in [0.4, 0.5) is 0 Å². The number of nitrogens with zero attached hydrogens (tertiary/aromatic N) is 2. The summed E-state index contributed by atoms with van der Waals surface area (Å²) in [6.45, 7) is 3.48. The van der Waals surface area contributed by atoms with E-state index >= 15 is 0 Å². The van der Waals surface area contributed by atoms with Crippen LogP contribution in [-0.4, -0.2) is 26.3 Å². The summed E-state index contributed by atoms with van der Waals surface area (Å²) in [7, 11) is 0. The summed E-state index contributed by atoms with van der Waals surface area (Å²) in [6, 6.07) is 9.16. The first kappa shape index (κ1) is 12.3. The van der Waals surface area contributed by atoms with Crippen molar-refractivity contribution in [2.45, 2.75) is 25.7 Å². The summed E-state index contributed by atoms with van der Waals surface area (Å²) in [4.78, 5) is 15.7. The van der Waals surface area contributed by atoms with Gasteiger partial charge in [0.1, 0.15) is 5.82 Å². The second-order valence-corrected chi connectivity index (χ2v) is 4.52. The number of aromatic nitrogens is 3. The van der Waals surface area contributed by atoms with Crippen LogP contribution in [0, 0.1) is 6.92 Å². The van der Waals surface area contributed by atoms with Crippen molar-refractivity contribution in [1.29, 1.82) is 0 Å². The van der Waals surface area contributed by atoms with Crippen LogP contribution in [0.15, 0.2) is 30.3 Å². The quantitative estimate of drug-likeness (QED) is 0.859. The molecule has 1 atom stereocenters. The lowest BCUT2D eigenvalue weighted by molar-refractivity contribution is -0.143. The number of aliphatic carboxylic acids is 1. The van der Waals surface area contributed by atoms with E-state index in [1.165, 1.54) is 0 Å². The van der Waals surface area contributed by atoms with Crippen molar-refractivity contribution in [2.75, 3.05) is 0 Å². The summed E-state index contributed by atoms with van der Waals surface area (Å²) in [5, 5.41) is 16.2. The molecule has 1 heterocycles. The lowest BCUT2D eigenvalue weighted by Crippen LogP contribution is -2.35. The van der Waals surface area contributed by atoms with Gasteiger partial charge in [-0.15, -0.1) is 0 Å². The molecule has 0 aliphatic rings. The molecule has 0 aliphatic heterocycles. The number of nitrogens with one attached hydrogen (secondary N) is 1. The number of H-pyrrole nitrogens is 1. The topological polar surface area (TPSA) is 78.9 Å². The van der Waals surface area contributed by atoms with Crippen LogP contribution in [0.5, 0.6) is 0 Å². The predicted octanol–water partition coefficient (Wildman–Crippen LogP) is 1.70. The molecule has 0 amide bonds. The van der Waals surface area contributed by atoms with E-state index in [2.05, 4.69) is 15.2 Å². The minimum absolute atomic E-state index is 0.261. The van der Waals surface area contributed by atoms with E-state index < -0.39 is 11.4 Å². The maximum atomic E-state index is 11.6. The highest BCUT2D eigenvalue weighted by Gasteiger charge is 2.36. The van der Waals surface area contributed by atoms with Gasteiger partial charge in [0, 0.05) is 6.42 Å². The Morgan fingerprint density at radius 2 is 2.06 bits per heavy atom. The predicted molar refractivity (Wildman–Crippen MR) is 66.3 cm³/mol. The molecule has 1 aromatic heterocycles. The van der Waals surface area contributed by atoms with Gasteiger partial charge >= 0.3 is 5.97 Å². The van der Waals surface area contributed by atoms with Crippen molar-refractivity contribution < 1.29 is 9.90 Å². The van der Waals surface area contributed by atoms with Crippen molar-refractivity contribution in [1.82, 2.24) is 15.2 Å². The molecule has 2 aromatic rings. The van der Waals surface area contributed by atoms with Gasteiger partial charge in [-0.05, 0) is 19.4 Å². The fourth-order valence-corrected chi connectivity index (χ4v) is 1.89. The highest BCUT2D eigenvalue weighted by atomic mass is 16.4. The third-order valence-corrected chi connectivity index (χ3v) is 3.04. The SMILES string of the molecule is Cc1nc(CC(C)(C(=O)O)c2ccccc2)n[nH]1. The standard InChI is InChI=1S/C13H15N3O2/c1-9-14-11(16-15-9)8-13(2,12(17)18)10-6-4-3-5-7-10/h3-7H,8H2,1-2H3,(H,17,18)(H,14,15,16). The molecule has 0 saturated carbocycles. The number of aryl methyl sites for hydroxylation is 1.